The number of nitrogens with one attached hydrogen (secondary N) is 1. The summed E-state index contributed by atoms with van der Waals surface area (Å²) in [5.41, 5.74) is 8.58. The summed E-state index contributed by atoms with van der Waals surface area (Å²) in [6.45, 7) is 2.05. The molecule has 2 aliphatic rings. The predicted molar refractivity (Wildman–Crippen MR) is 114 cm³/mol. The zero-order valence-electron chi connectivity index (χ0n) is 16.2. The van der Waals surface area contributed by atoms with Crippen LogP contribution in [0.2, 0.25) is 0 Å². The molecule has 144 valence electrons. The fourth-order valence-electron chi connectivity index (χ4n) is 4.28. The van der Waals surface area contributed by atoms with E-state index in [0.29, 0.717) is 11.4 Å². The van der Waals surface area contributed by atoms with Crippen molar-refractivity contribution in [2.24, 2.45) is 0 Å². The molecule has 4 heteroatoms. The van der Waals surface area contributed by atoms with Gasteiger partial charge in [-0.2, -0.15) is 0 Å². The molecule has 0 saturated carbocycles. The number of phenolic OH excluding ortho intramolecular Hbond substituents is 1. The van der Waals surface area contributed by atoms with Crippen LogP contribution in [0.4, 0.5) is 5.69 Å². The van der Waals surface area contributed by atoms with Gasteiger partial charge < -0.3 is 15.2 Å². The first-order chi connectivity index (χ1) is 14.1. The van der Waals surface area contributed by atoms with Crippen LogP contribution in [-0.4, -0.2) is 17.6 Å². The number of anilines is 1. The third-order valence-electron chi connectivity index (χ3n) is 5.58. The molecule has 0 atom stereocenters. The van der Waals surface area contributed by atoms with Crippen LogP contribution < -0.4 is 10.1 Å². The Bertz CT molecular complexity index is 1180. The van der Waals surface area contributed by atoms with Crippen LogP contribution >= 0.6 is 0 Å². The lowest BCUT2D eigenvalue weighted by Crippen LogP contribution is -2.25. The van der Waals surface area contributed by atoms with Crippen molar-refractivity contribution < 1.29 is 14.6 Å². The quantitative estimate of drug-likeness (QED) is 0.639. The third kappa shape index (κ3) is 3.17. The molecule has 2 N–H and O–H groups in total. The minimum Gasteiger partial charge on any atom is -0.508 e. The van der Waals surface area contributed by atoms with Gasteiger partial charge in [-0.05, 0) is 89.1 Å². The molecule has 1 aliphatic carbocycles. The second-order valence-corrected chi connectivity index (χ2v) is 7.61. The van der Waals surface area contributed by atoms with Crippen molar-refractivity contribution in [3.63, 3.8) is 0 Å². The third-order valence-corrected chi connectivity index (χ3v) is 5.58. The van der Waals surface area contributed by atoms with Crippen molar-refractivity contribution in [3.05, 3.63) is 88.0 Å². The van der Waals surface area contributed by atoms with E-state index in [1.807, 2.05) is 25.1 Å². The van der Waals surface area contributed by atoms with Crippen LogP contribution in [-0.2, 0) is 17.6 Å². The maximum Gasteiger partial charge on any atom is 0.262 e. The van der Waals surface area contributed by atoms with E-state index in [0.717, 1.165) is 46.4 Å². The van der Waals surface area contributed by atoms with E-state index in [4.69, 9.17) is 4.74 Å². The minimum absolute atomic E-state index is 0.0541. The van der Waals surface area contributed by atoms with Crippen molar-refractivity contribution in [1.82, 2.24) is 0 Å². The number of hydrogen-bond donors (Lipinski definition) is 2. The van der Waals surface area contributed by atoms with E-state index in [-0.39, 0.29) is 12.5 Å². The number of phenols is 1. The Morgan fingerprint density at radius 3 is 2.69 bits per heavy atom. The number of aromatic hydroxyl groups is 1. The Kier molecular flexibility index (Phi) is 4.13. The first-order valence-electron chi connectivity index (χ1n) is 9.78. The standard InChI is InChI=1S/C25H21NO3/c1-15-10-16(12-23-25(15)29-14-24(28)26-23)11-22-20-5-3-2-4-17(20)6-7-18-13-19(27)8-9-21(18)22/h2-5,8-13,27H,6-7,14H2,1H3,(H,26,28)/b22-11+. The Labute approximate surface area is 169 Å². The number of rotatable bonds is 1. The lowest BCUT2D eigenvalue weighted by atomic mass is 9.92. The average molecular weight is 383 g/mol. The number of amides is 1. The lowest BCUT2D eigenvalue weighted by molar-refractivity contribution is -0.118. The van der Waals surface area contributed by atoms with Crippen molar-refractivity contribution >= 4 is 23.2 Å². The number of carbonyl (C=O) groups excluding carboxylic acids is 1. The minimum atomic E-state index is -0.137. The molecule has 1 heterocycles. The number of fused-ring (bicyclic) bond motifs is 3. The highest BCUT2D eigenvalue weighted by atomic mass is 16.5. The first-order valence-corrected chi connectivity index (χ1v) is 9.78. The summed E-state index contributed by atoms with van der Waals surface area (Å²) in [7, 11) is 0. The van der Waals surface area contributed by atoms with E-state index < -0.39 is 0 Å². The summed E-state index contributed by atoms with van der Waals surface area (Å²) < 4.78 is 5.60. The monoisotopic (exact) mass is 383 g/mol. The van der Waals surface area contributed by atoms with Gasteiger partial charge in [-0.25, -0.2) is 0 Å². The summed E-state index contributed by atoms with van der Waals surface area (Å²) in [5.74, 6) is 0.888. The van der Waals surface area contributed by atoms with E-state index >= 15 is 0 Å². The summed E-state index contributed by atoms with van der Waals surface area (Å²) in [4.78, 5) is 11.8. The SMILES string of the molecule is Cc1cc(/C=C2\c3ccccc3CCc3cc(O)ccc32)cc2c1OCC(=O)N2. The molecule has 29 heavy (non-hydrogen) atoms. The molecule has 0 aromatic heterocycles. The van der Waals surface area contributed by atoms with Gasteiger partial charge >= 0.3 is 0 Å². The second kappa shape index (κ2) is 6.82. The Morgan fingerprint density at radius 2 is 1.79 bits per heavy atom. The molecule has 3 aromatic rings. The average Bonchev–Trinajstić information content (AvgIpc) is 2.85. The molecule has 0 spiro atoms. The molecule has 0 saturated heterocycles. The molecule has 0 radical (unpaired) electrons. The highest BCUT2D eigenvalue weighted by molar-refractivity contribution is 5.98. The molecule has 1 aliphatic heterocycles. The highest BCUT2D eigenvalue weighted by Crippen LogP contribution is 2.38. The molecule has 3 aromatic carbocycles. The van der Waals surface area contributed by atoms with Crippen molar-refractivity contribution in [2.45, 2.75) is 19.8 Å². The molecule has 0 unspecified atom stereocenters. The number of benzene rings is 3. The van der Waals surface area contributed by atoms with Crippen LogP contribution in [0.3, 0.4) is 0 Å². The maximum atomic E-state index is 11.8. The Balaban J connectivity index is 1.71. The van der Waals surface area contributed by atoms with Gasteiger partial charge in [0.25, 0.3) is 5.91 Å². The van der Waals surface area contributed by atoms with Crippen LogP contribution in [0.5, 0.6) is 11.5 Å². The first kappa shape index (κ1) is 17.6. The molecule has 5 rings (SSSR count). The van der Waals surface area contributed by atoms with E-state index in [2.05, 4.69) is 41.7 Å². The zero-order valence-corrected chi connectivity index (χ0v) is 16.2. The van der Waals surface area contributed by atoms with E-state index in [9.17, 15) is 9.90 Å². The second-order valence-electron chi connectivity index (χ2n) is 7.61. The number of hydrogen-bond acceptors (Lipinski definition) is 3. The molecule has 0 bridgehead atoms. The predicted octanol–water partition coefficient (Wildman–Crippen LogP) is 4.72. The largest absolute Gasteiger partial charge is 0.508 e. The fraction of sp³-hybridized carbons (Fsp3) is 0.160. The van der Waals surface area contributed by atoms with Gasteiger partial charge in [-0.3, -0.25) is 4.79 Å². The molecule has 4 nitrogen and oxygen atoms in total. The lowest BCUT2D eigenvalue weighted by Gasteiger charge is -2.20. The number of ether oxygens (including phenoxy) is 1. The molecular formula is C25H21NO3. The topological polar surface area (TPSA) is 58.6 Å². The molecule has 1 amide bonds. The van der Waals surface area contributed by atoms with Gasteiger partial charge in [0.1, 0.15) is 11.5 Å². The van der Waals surface area contributed by atoms with Gasteiger partial charge in [0, 0.05) is 0 Å². The summed E-state index contributed by atoms with van der Waals surface area (Å²) in [5, 5.41) is 12.9. The summed E-state index contributed by atoms with van der Waals surface area (Å²) in [6.07, 6.45) is 3.97. The normalized spacial score (nSPS) is 16.2. The van der Waals surface area contributed by atoms with Crippen molar-refractivity contribution in [1.29, 1.82) is 0 Å². The van der Waals surface area contributed by atoms with Crippen LogP contribution in [0.15, 0.2) is 54.6 Å². The Hall–Kier alpha value is -3.53. The van der Waals surface area contributed by atoms with Gasteiger partial charge in [0.05, 0.1) is 5.69 Å². The molecule has 0 fully saturated rings. The van der Waals surface area contributed by atoms with E-state index in [1.54, 1.807) is 6.07 Å². The number of carbonyl (C=O) groups is 1. The van der Waals surface area contributed by atoms with Gasteiger partial charge in [-0.1, -0.05) is 30.3 Å². The number of aryl methyl sites for hydroxylation is 3. The van der Waals surface area contributed by atoms with E-state index in [1.165, 1.54) is 11.1 Å². The summed E-state index contributed by atoms with van der Waals surface area (Å²) >= 11 is 0. The van der Waals surface area contributed by atoms with Crippen molar-refractivity contribution in [2.75, 3.05) is 11.9 Å². The van der Waals surface area contributed by atoms with Crippen LogP contribution in [0.25, 0.3) is 11.6 Å². The van der Waals surface area contributed by atoms with Gasteiger partial charge in [-0.15, -0.1) is 0 Å². The van der Waals surface area contributed by atoms with Gasteiger partial charge in [0.2, 0.25) is 0 Å². The summed E-state index contributed by atoms with van der Waals surface area (Å²) in [6, 6.07) is 18.1. The smallest absolute Gasteiger partial charge is 0.262 e. The fourth-order valence-corrected chi connectivity index (χ4v) is 4.28. The van der Waals surface area contributed by atoms with Crippen molar-refractivity contribution in [3.8, 4) is 11.5 Å². The molecular weight excluding hydrogens is 362 g/mol. The van der Waals surface area contributed by atoms with Crippen LogP contribution in [0.1, 0.15) is 33.4 Å². The zero-order chi connectivity index (χ0) is 20.0. The van der Waals surface area contributed by atoms with Crippen LogP contribution in [0, 0.1) is 6.92 Å². The van der Waals surface area contributed by atoms with Gasteiger partial charge in [0.15, 0.2) is 6.61 Å². The highest BCUT2D eigenvalue weighted by Gasteiger charge is 2.21. The Morgan fingerprint density at radius 1 is 1.00 bits per heavy atom. The maximum absolute atomic E-state index is 11.8.